The molecule has 37 heavy (non-hydrogen) atoms. The third-order valence-corrected chi connectivity index (χ3v) is 6.21. The summed E-state index contributed by atoms with van der Waals surface area (Å²) in [6.45, 7) is 0.388. The van der Waals surface area contributed by atoms with Crippen molar-refractivity contribution in [2.24, 2.45) is 0 Å². The van der Waals surface area contributed by atoms with Gasteiger partial charge >= 0.3 is 6.18 Å². The van der Waals surface area contributed by atoms with Crippen LogP contribution in [-0.4, -0.2) is 58.8 Å². The van der Waals surface area contributed by atoms with E-state index in [2.05, 4.69) is 9.97 Å². The highest BCUT2D eigenvalue weighted by Gasteiger charge is 2.36. The molecule has 0 spiro atoms. The van der Waals surface area contributed by atoms with E-state index in [4.69, 9.17) is 15.9 Å². The second kappa shape index (κ2) is 10.9. The molecular weight excluding hydrogens is 485 g/mol. The maximum atomic E-state index is 12.7. The molecule has 3 aromatic rings. The minimum absolute atomic E-state index is 0.0898. The number of aromatic nitrogens is 2. The molecule has 0 aliphatic carbocycles. The number of carbonyl (C=O) groups is 1. The van der Waals surface area contributed by atoms with Crippen LogP contribution in [0.15, 0.2) is 60.9 Å². The number of hydrogen-bond acceptors (Lipinski definition) is 7. The van der Waals surface area contributed by atoms with Gasteiger partial charge in [0.25, 0.3) is 0 Å². The van der Waals surface area contributed by atoms with Gasteiger partial charge in [0.05, 0.1) is 11.3 Å². The average molecular weight is 513 g/mol. The first-order valence-corrected chi connectivity index (χ1v) is 11.7. The Morgan fingerprint density at radius 3 is 2.49 bits per heavy atom. The number of alkyl halides is 3. The number of benzene rings is 2. The van der Waals surface area contributed by atoms with Gasteiger partial charge in [0.2, 0.25) is 5.91 Å². The number of carbonyl (C=O) groups excluding carboxylic acids is 1. The maximum absolute atomic E-state index is 12.7. The molecule has 1 aromatic heterocycles. The number of hydrogen-bond donors (Lipinski definition) is 2. The Bertz CT molecular complexity index is 1250. The number of para-hydroxylation sites is 1. The molecule has 1 aliphatic rings. The molecule has 2 aromatic carbocycles. The number of nitrogens with one attached hydrogen (secondary N) is 1. The normalized spacial score (nSPS) is 15.8. The van der Waals surface area contributed by atoms with Gasteiger partial charge in [0.1, 0.15) is 35.9 Å². The Balaban J connectivity index is 1.53. The Hall–Kier alpha value is -4.15. The topological polar surface area (TPSA) is 108 Å². The number of amides is 1. The maximum Gasteiger partial charge on any atom is 0.397 e. The zero-order valence-electron chi connectivity index (χ0n) is 20.2. The molecule has 11 heteroatoms. The Morgan fingerprint density at radius 1 is 1.14 bits per heavy atom. The van der Waals surface area contributed by atoms with Gasteiger partial charge in [0.15, 0.2) is 0 Å². The van der Waals surface area contributed by atoms with Crippen LogP contribution in [0.1, 0.15) is 30.4 Å². The zero-order valence-corrected chi connectivity index (χ0v) is 20.2. The second-order valence-corrected chi connectivity index (χ2v) is 8.81. The van der Waals surface area contributed by atoms with Crippen molar-refractivity contribution in [2.45, 2.75) is 31.5 Å². The molecule has 1 saturated heterocycles. The number of likely N-dealkylation sites (tertiary alicyclic amines) is 1. The average Bonchev–Trinajstić information content (AvgIpc) is 2.88. The van der Waals surface area contributed by atoms with Crippen LogP contribution in [0.2, 0.25) is 0 Å². The molecular formula is C26H27F3N6O2. The molecule has 3 N–H and O–H groups in total. The lowest BCUT2D eigenvalue weighted by Crippen LogP contribution is -2.50. The van der Waals surface area contributed by atoms with Crippen molar-refractivity contribution in [2.75, 3.05) is 30.8 Å². The monoisotopic (exact) mass is 512 g/mol. The van der Waals surface area contributed by atoms with E-state index >= 15 is 0 Å². The highest BCUT2D eigenvalue weighted by molar-refractivity contribution is 6.16. The van der Waals surface area contributed by atoms with Gasteiger partial charge in [-0.25, -0.2) is 9.97 Å². The summed E-state index contributed by atoms with van der Waals surface area (Å²) in [5.74, 6) is 0.816. The number of nitrogen functional groups attached to an aromatic ring is 1. The molecule has 1 amide bonds. The predicted octanol–water partition coefficient (Wildman–Crippen LogP) is 4.65. The highest BCUT2D eigenvalue weighted by atomic mass is 19.4. The van der Waals surface area contributed by atoms with Crippen molar-refractivity contribution in [1.82, 2.24) is 14.9 Å². The largest absolute Gasteiger partial charge is 0.457 e. The van der Waals surface area contributed by atoms with Gasteiger partial charge in [-0.15, -0.1) is 0 Å². The molecule has 1 atom stereocenters. The first-order valence-electron chi connectivity index (χ1n) is 11.7. The van der Waals surface area contributed by atoms with Gasteiger partial charge in [-0.1, -0.05) is 18.2 Å². The highest BCUT2D eigenvalue weighted by Crippen LogP contribution is 2.30. The van der Waals surface area contributed by atoms with Crippen molar-refractivity contribution < 1.29 is 22.7 Å². The van der Waals surface area contributed by atoms with Gasteiger partial charge < -0.3 is 20.3 Å². The number of likely N-dealkylation sites (N-methyl/N-ethyl adjacent to an activating group) is 1. The summed E-state index contributed by atoms with van der Waals surface area (Å²) >= 11 is 0. The number of nitrogens with two attached hydrogens (primary N) is 1. The standard InChI is InChI=1S/C26H27F3N6O2/c1-34(18-6-5-13-35(15-18)21(36)14-26(27,28)29)25-22(24(31)32-16-33-25)23(30)17-9-11-20(12-10-17)37-19-7-3-2-4-8-19/h2-4,7-12,16,18,30H,5-6,13-15H2,1H3,(H2,31,32,33)/t18-/m1/s1. The Morgan fingerprint density at radius 2 is 1.81 bits per heavy atom. The van der Waals surface area contributed by atoms with Gasteiger partial charge in [-0.3, -0.25) is 10.2 Å². The van der Waals surface area contributed by atoms with Crippen LogP contribution in [0.4, 0.5) is 24.8 Å². The quantitative estimate of drug-likeness (QED) is 0.447. The summed E-state index contributed by atoms with van der Waals surface area (Å²) in [5, 5.41) is 8.84. The SMILES string of the molecule is CN(c1ncnc(N)c1C(=N)c1ccc(Oc2ccccc2)cc1)[C@@H]1CCCN(C(=O)CC(F)(F)F)C1. The summed E-state index contributed by atoms with van der Waals surface area (Å²) < 4.78 is 44.0. The second-order valence-electron chi connectivity index (χ2n) is 8.81. The van der Waals surface area contributed by atoms with E-state index in [1.807, 2.05) is 30.3 Å². The molecule has 4 rings (SSSR count). The Kier molecular flexibility index (Phi) is 7.61. The third kappa shape index (κ3) is 6.35. The van der Waals surface area contributed by atoms with E-state index in [0.717, 1.165) is 0 Å². The first kappa shape index (κ1) is 25.9. The van der Waals surface area contributed by atoms with Gasteiger partial charge in [-0.05, 0) is 49.2 Å². The van der Waals surface area contributed by atoms with E-state index in [1.165, 1.54) is 11.2 Å². The lowest BCUT2D eigenvalue weighted by atomic mass is 10.00. The van der Waals surface area contributed by atoms with Crippen LogP contribution >= 0.6 is 0 Å². The van der Waals surface area contributed by atoms with Crippen molar-refractivity contribution in [3.05, 3.63) is 72.1 Å². The molecule has 1 aliphatic heterocycles. The lowest BCUT2D eigenvalue weighted by molar-refractivity contribution is -0.162. The van der Waals surface area contributed by atoms with Crippen LogP contribution in [0, 0.1) is 5.41 Å². The molecule has 1 fully saturated rings. The molecule has 0 radical (unpaired) electrons. The molecule has 194 valence electrons. The number of halogens is 3. The minimum Gasteiger partial charge on any atom is -0.457 e. The van der Waals surface area contributed by atoms with Crippen molar-refractivity contribution >= 4 is 23.3 Å². The summed E-state index contributed by atoms with van der Waals surface area (Å²) in [6, 6.07) is 15.9. The van der Waals surface area contributed by atoms with Crippen molar-refractivity contribution in [3.8, 4) is 11.5 Å². The minimum atomic E-state index is -4.55. The van der Waals surface area contributed by atoms with E-state index in [-0.39, 0.29) is 30.7 Å². The first-order chi connectivity index (χ1) is 17.6. The Labute approximate surface area is 212 Å². The van der Waals surface area contributed by atoms with Crippen molar-refractivity contribution in [1.29, 1.82) is 5.41 Å². The fourth-order valence-corrected chi connectivity index (χ4v) is 4.31. The van der Waals surface area contributed by atoms with Crippen LogP contribution < -0.4 is 15.4 Å². The lowest BCUT2D eigenvalue weighted by Gasteiger charge is -2.39. The van der Waals surface area contributed by atoms with Crippen LogP contribution in [0.3, 0.4) is 0 Å². The third-order valence-electron chi connectivity index (χ3n) is 6.21. The molecule has 2 heterocycles. The summed E-state index contributed by atoms with van der Waals surface area (Å²) in [6.07, 6.45) is -3.56. The summed E-state index contributed by atoms with van der Waals surface area (Å²) in [5.41, 5.74) is 7.12. The predicted molar refractivity (Wildman–Crippen MR) is 134 cm³/mol. The number of rotatable bonds is 7. The van der Waals surface area contributed by atoms with Crippen LogP contribution in [-0.2, 0) is 4.79 Å². The zero-order chi connectivity index (χ0) is 26.6. The van der Waals surface area contributed by atoms with Crippen molar-refractivity contribution in [3.63, 3.8) is 0 Å². The van der Waals surface area contributed by atoms with Gasteiger partial charge in [0, 0.05) is 31.7 Å². The molecule has 0 saturated carbocycles. The smallest absolute Gasteiger partial charge is 0.397 e. The number of nitrogens with zero attached hydrogens (tertiary/aromatic N) is 4. The fourth-order valence-electron chi connectivity index (χ4n) is 4.31. The van der Waals surface area contributed by atoms with E-state index in [0.29, 0.717) is 41.3 Å². The van der Waals surface area contributed by atoms with Gasteiger partial charge in [-0.2, -0.15) is 13.2 Å². The number of ether oxygens (including phenoxy) is 1. The molecule has 0 unspecified atom stereocenters. The number of piperidine rings is 1. The number of anilines is 2. The van der Waals surface area contributed by atoms with E-state index in [1.54, 1.807) is 36.2 Å². The summed E-state index contributed by atoms with van der Waals surface area (Å²) in [7, 11) is 1.73. The molecule has 8 nitrogen and oxygen atoms in total. The fraction of sp³-hybridized carbons (Fsp3) is 0.308. The van der Waals surface area contributed by atoms with E-state index in [9.17, 15) is 18.0 Å². The van der Waals surface area contributed by atoms with E-state index < -0.39 is 18.5 Å². The summed E-state index contributed by atoms with van der Waals surface area (Å²) in [4.78, 5) is 23.6. The molecule has 0 bridgehead atoms. The van der Waals surface area contributed by atoms with Crippen LogP contribution in [0.25, 0.3) is 0 Å². The van der Waals surface area contributed by atoms with Crippen LogP contribution in [0.5, 0.6) is 11.5 Å².